The number of hydrogen-bond acceptors (Lipinski definition) is 3. The Hall–Kier alpha value is -0.120. The molecule has 104 valence electrons. The van der Waals surface area contributed by atoms with Gasteiger partial charge in [-0.25, -0.2) is 0 Å². The molecule has 0 saturated heterocycles. The third-order valence-electron chi connectivity index (χ3n) is 3.93. The predicted molar refractivity (Wildman–Crippen MR) is 75.3 cm³/mol. The second kappa shape index (κ2) is 8.90. The van der Waals surface area contributed by atoms with Gasteiger partial charge in [-0.05, 0) is 27.3 Å². The number of hydrogen-bond donors (Lipinski definition) is 1. The molecule has 0 spiro atoms. The molecular formula is C14H32N2O. The number of methoxy groups -OCH3 is 1. The standard InChI is InChI=1S/C14H32N2O/c1-6-7-8-9-10-14(3,12-15)16(4)13(2)11-17-5/h13H,6-12,15H2,1-5H3. The van der Waals surface area contributed by atoms with E-state index < -0.39 is 0 Å². The normalized spacial score (nSPS) is 17.1. The van der Waals surface area contributed by atoms with Crippen LogP contribution in [-0.4, -0.2) is 43.8 Å². The molecule has 2 atom stereocenters. The molecule has 0 aromatic carbocycles. The number of rotatable bonds is 10. The van der Waals surface area contributed by atoms with Crippen LogP contribution in [0.4, 0.5) is 0 Å². The highest BCUT2D eigenvalue weighted by molar-refractivity contribution is 4.88. The topological polar surface area (TPSA) is 38.5 Å². The zero-order valence-corrected chi connectivity index (χ0v) is 12.5. The van der Waals surface area contributed by atoms with Crippen LogP contribution < -0.4 is 5.73 Å². The van der Waals surface area contributed by atoms with Gasteiger partial charge in [0.05, 0.1) is 6.61 Å². The molecular weight excluding hydrogens is 212 g/mol. The van der Waals surface area contributed by atoms with Crippen LogP contribution in [0.1, 0.15) is 52.9 Å². The molecule has 0 amide bonds. The second-order valence-electron chi connectivity index (χ2n) is 5.43. The van der Waals surface area contributed by atoms with Crippen LogP contribution in [0.3, 0.4) is 0 Å². The van der Waals surface area contributed by atoms with Crippen molar-refractivity contribution in [1.82, 2.24) is 4.90 Å². The zero-order valence-electron chi connectivity index (χ0n) is 12.5. The first kappa shape index (κ1) is 16.9. The molecule has 0 saturated carbocycles. The number of nitrogens with two attached hydrogens (primary N) is 1. The third-order valence-corrected chi connectivity index (χ3v) is 3.93. The fourth-order valence-corrected chi connectivity index (χ4v) is 2.24. The summed E-state index contributed by atoms with van der Waals surface area (Å²) in [6, 6.07) is 0.416. The maximum absolute atomic E-state index is 5.97. The summed E-state index contributed by atoms with van der Waals surface area (Å²) in [5, 5.41) is 0. The summed E-state index contributed by atoms with van der Waals surface area (Å²) in [6.45, 7) is 8.19. The summed E-state index contributed by atoms with van der Waals surface area (Å²) in [7, 11) is 3.92. The largest absolute Gasteiger partial charge is 0.383 e. The first-order valence-electron chi connectivity index (χ1n) is 6.93. The molecule has 17 heavy (non-hydrogen) atoms. The number of nitrogens with zero attached hydrogens (tertiary/aromatic N) is 1. The molecule has 0 aromatic rings. The van der Waals surface area contributed by atoms with Gasteiger partial charge in [0.25, 0.3) is 0 Å². The Balaban J connectivity index is 4.22. The predicted octanol–water partition coefficient (Wildman–Crippen LogP) is 2.64. The molecule has 0 bridgehead atoms. The van der Waals surface area contributed by atoms with Gasteiger partial charge in [-0.3, -0.25) is 4.90 Å². The van der Waals surface area contributed by atoms with Gasteiger partial charge in [0, 0.05) is 25.2 Å². The Labute approximate surface area is 108 Å². The van der Waals surface area contributed by atoms with Crippen molar-refractivity contribution in [1.29, 1.82) is 0 Å². The lowest BCUT2D eigenvalue weighted by atomic mass is 9.91. The minimum atomic E-state index is 0.103. The van der Waals surface area contributed by atoms with E-state index >= 15 is 0 Å². The molecule has 0 fully saturated rings. The van der Waals surface area contributed by atoms with Gasteiger partial charge in [0.1, 0.15) is 0 Å². The molecule has 0 heterocycles. The fourth-order valence-electron chi connectivity index (χ4n) is 2.24. The molecule has 0 radical (unpaired) electrons. The van der Waals surface area contributed by atoms with E-state index in [0.717, 1.165) is 6.61 Å². The maximum Gasteiger partial charge on any atom is 0.0615 e. The highest BCUT2D eigenvalue weighted by Crippen LogP contribution is 2.22. The molecule has 0 aliphatic carbocycles. The van der Waals surface area contributed by atoms with Crippen molar-refractivity contribution in [3.05, 3.63) is 0 Å². The van der Waals surface area contributed by atoms with Crippen molar-refractivity contribution in [2.45, 2.75) is 64.5 Å². The van der Waals surface area contributed by atoms with E-state index in [1.165, 1.54) is 32.1 Å². The van der Waals surface area contributed by atoms with Gasteiger partial charge >= 0.3 is 0 Å². The lowest BCUT2D eigenvalue weighted by molar-refractivity contribution is 0.0414. The Kier molecular flexibility index (Phi) is 8.83. The zero-order chi connectivity index (χ0) is 13.3. The van der Waals surface area contributed by atoms with Crippen LogP contribution in [0.2, 0.25) is 0 Å². The van der Waals surface area contributed by atoms with Gasteiger partial charge in [0.2, 0.25) is 0 Å². The van der Waals surface area contributed by atoms with Gasteiger partial charge < -0.3 is 10.5 Å². The first-order chi connectivity index (χ1) is 8.01. The molecule has 2 unspecified atom stereocenters. The summed E-state index contributed by atoms with van der Waals surface area (Å²) in [4.78, 5) is 2.38. The van der Waals surface area contributed by atoms with Crippen molar-refractivity contribution in [3.8, 4) is 0 Å². The van der Waals surface area contributed by atoms with E-state index in [-0.39, 0.29) is 5.54 Å². The van der Waals surface area contributed by atoms with Crippen LogP contribution in [-0.2, 0) is 4.74 Å². The average Bonchev–Trinajstić information content (AvgIpc) is 2.33. The van der Waals surface area contributed by atoms with Gasteiger partial charge in [-0.15, -0.1) is 0 Å². The van der Waals surface area contributed by atoms with E-state index in [4.69, 9.17) is 10.5 Å². The van der Waals surface area contributed by atoms with Gasteiger partial charge in [0.15, 0.2) is 0 Å². The molecule has 0 aliphatic rings. The van der Waals surface area contributed by atoms with E-state index in [1.54, 1.807) is 7.11 Å². The summed E-state index contributed by atoms with van der Waals surface area (Å²) >= 11 is 0. The summed E-state index contributed by atoms with van der Waals surface area (Å²) in [6.07, 6.45) is 6.38. The molecule has 2 N–H and O–H groups in total. The summed E-state index contributed by atoms with van der Waals surface area (Å²) in [5.74, 6) is 0. The second-order valence-corrected chi connectivity index (χ2v) is 5.43. The minimum Gasteiger partial charge on any atom is -0.383 e. The summed E-state index contributed by atoms with van der Waals surface area (Å²) < 4.78 is 5.22. The number of unbranched alkanes of at least 4 members (excludes halogenated alkanes) is 3. The molecule has 0 aromatic heterocycles. The third kappa shape index (κ3) is 5.84. The highest BCUT2D eigenvalue weighted by atomic mass is 16.5. The van der Waals surface area contributed by atoms with E-state index in [0.29, 0.717) is 12.6 Å². The van der Waals surface area contributed by atoms with E-state index in [1.807, 2.05) is 0 Å². The lowest BCUT2D eigenvalue weighted by Gasteiger charge is -2.42. The average molecular weight is 244 g/mol. The molecule has 3 heteroatoms. The number of ether oxygens (including phenoxy) is 1. The Morgan fingerprint density at radius 3 is 2.41 bits per heavy atom. The maximum atomic E-state index is 5.97. The molecule has 3 nitrogen and oxygen atoms in total. The van der Waals surface area contributed by atoms with Gasteiger partial charge in [-0.1, -0.05) is 32.6 Å². The molecule has 0 rings (SSSR count). The van der Waals surface area contributed by atoms with E-state index in [9.17, 15) is 0 Å². The molecule has 0 aliphatic heterocycles. The highest BCUT2D eigenvalue weighted by Gasteiger charge is 2.30. The van der Waals surface area contributed by atoms with Crippen molar-refractivity contribution >= 4 is 0 Å². The fraction of sp³-hybridized carbons (Fsp3) is 1.00. The smallest absolute Gasteiger partial charge is 0.0615 e. The number of likely N-dealkylation sites (N-methyl/N-ethyl adjacent to an activating group) is 1. The van der Waals surface area contributed by atoms with Crippen LogP contribution in [0.5, 0.6) is 0 Å². The van der Waals surface area contributed by atoms with Gasteiger partial charge in [-0.2, -0.15) is 0 Å². The Bertz CT molecular complexity index is 187. The first-order valence-corrected chi connectivity index (χ1v) is 6.93. The summed E-state index contributed by atoms with van der Waals surface area (Å²) in [5.41, 5.74) is 6.08. The Morgan fingerprint density at radius 2 is 1.94 bits per heavy atom. The van der Waals surface area contributed by atoms with Crippen LogP contribution in [0.15, 0.2) is 0 Å². The quantitative estimate of drug-likeness (QED) is 0.600. The van der Waals surface area contributed by atoms with Crippen LogP contribution >= 0.6 is 0 Å². The van der Waals surface area contributed by atoms with Crippen molar-refractivity contribution in [2.24, 2.45) is 5.73 Å². The van der Waals surface area contributed by atoms with Crippen molar-refractivity contribution < 1.29 is 4.74 Å². The van der Waals surface area contributed by atoms with Crippen molar-refractivity contribution in [3.63, 3.8) is 0 Å². The SMILES string of the molecule is CCCCCCC(C)(CN)N(C)C(C)COC. The van der Waals surface area contributed by atoms with Crippen molar-refractivity contribution in [2.75, 3.05) is 27.3 Å². The minimum absolute atomic E-state index is 0.103. The Morgan fingerprint density at radius 1 is 1.29 bits per heavy atom. The lowest BCUT2D eigenvalue weighted by Crippen LogP contribution is -2.54. The monoisotopic (exact) mass is 244 g/mol. The van der Waals surface area contributed by atoms with Crippen LogP contribution in [0, 0.1) is 0 Å². The van der Waals surface area contributed by atoms with E-state index in [2.05, 4.69) is 32.7 Å². The van der Waals surface area contributed by atoms with Crippen LogP contribution in [0.25, 0.3) is 0 Å².